The molecule has 1 saturated heterocycles. The number of phenols is 1. The number of likely N-dealkylation sites (tertiary alicyclic amines) is 1. The Kier molecular flexibility index (Phi) is 2.97. The van der Waals surface area contributed by atoms with E-state index in [1.165, 1.54) is 0 Å². The third kappa shape index (κ3) is 2.00. The third-order valence-electron chi connectivity index (χ3n) is 4.67. The number of phenolic OH excluding ortho intramolecular Hbond substituents is 1. The standard InChI is InChI=1S/C15H20N2O2/c1-9-3-2-4-11(14(9)18)15(19)17-7-10-5-6-13(16)12(10)8-17/h2-4,10,12-13,18H,5-8,16H2,1H3. The van der Waals surface area contributed by atoms with E-state index in [1.54, 1.807) is 19.1 Å². The van der Waals surface area contributed by atoms with Crippen LogP contribution in [-0.2, 0) is 0 Å². The fraction of sp³-hybridized carbons (Fsp3) is 0.533. The van der Waals surface area contributed by atoms with Gasteiger partial charge in [-0.2, -0.15) is 0 Å². The summed E-state index contributed by atoms with van der Waals surface area (Å²) in [6.45, 7) is 3.32. The molecule has 3 rings (SSSR count). The van der Waals surface area contributed by atoms with Crippen LogP contribution in [0.1, 0.15) is 28.8 Å². The van der Waals surface area contributed by atoms with E-state index in [-0.39, 0.29) is 17.7 Å². The summed E-state index contributed by atoms with van der Waals surface area (Å²) in [5.41, 5.74) is 7.24. The highest BCUT2D eigenvalue weighted by molar-refractivity contribution is 5.97. The van der Waals surface area contributed by atoms with Crippen molar-refractivity contribution in [3.05, 3.63) is 29.3 Å². The summed E-state index contributed by atoms with van der Waals surface area (Å²) in [5, 5.41) is 10.0. The van der Waals surface area contributed by atoms with Crippen LogP contribution in [0.4, 0.5) is 0 Å². The number of carbonyl (C=O) groups excluding carboxylic acids is 1. The highest BCUT2D eigenvalue weighted by Gasteiger charge is 2.42. The summed E-state index contributed by atoms with van der Waals surface area (Å²) in [6.07, 6.45) is 2.20. The average molecular weight is 260 g/mol. The predicted molar refractivity (Wildman–Crippen MR) is 72.9 cm³/mol. The number of nitrogens with zero attached hydrogens (tertiary/aromatic N) is 1. The van der Waals surface area contributed by atoms with E-state index in [2.05, 4.69) is 0 Å². The van der Waals surface area contributed by atoms with Gasteiger partial charge in [-0.1, -0.05) is 12.1 Å². The zero-order valence-corrected chi connectivity index (χ0v) is 11.2. The van der Waals surface area contributed by atoms with Gasteiger partial charge in [0, 0.05) is 19.1 Å². The van der Waals surface area contributed by atoms with Crippen LogP contribution < -0.4 is 5.73 Å². The molecular formula is C15H20N2O2. The van der Waals surface area contributed by atoms with E-state index in [1.807, 2.05) is 11.0 Å². The molecule has 19 heavy (non-hydrogen) atoms. The van der Waals surface area contributed by atoms with E-state index < -0.39 is 0 Å². The van der Waals surface area contributed by atoms with E-state index >= 15 is 0 Å². The molecule has 3 atom stereocenters. The average Bonchev–Trinajstić information content (AvgIpc) is 2.95. The molecule has 4 nitrogen and oxygen atoms in total. The molecule has 102 valence electrons. The second-order valence-corrected chi connectivity index (χ2v) is 5.85. The Morgan fingerprint density at radius 2 is 2.16 bits per heavy atom. The Hall–Kier alpha value is -1.55. The van der Waals surface area contributed by atoms with E-state index in [4.69, 9.17) is 5.73 Å². The first kappa shape index (κ1) is 12.5. The number of rotatable bonds is 1. The second-order valence-electron chi connectivity index (χ2n) is 5.85. The third-order valence-corrected chi connectivity index (χ3v) is 4.67. The molecule has 1 saturated carbocycles. The lowest BCUT2D eigenvalue weighted by atomic mass is 9.98. The largest absolute Gasteiger partial charge is 0.507 e. The summed E-state index contributed by atoms with van der Waals surface area (Å²) >= 11 is 0. The van der Waals surface area contributed by atoms with Crippen LogP contribution in [0.2, 0.25) is 0 Å². The Morgan fingerprint density at radius 3 is 2.89 bits per heavy atom. The molecule has 2 fully saturated rings. The number of fused-ring (bicyclic) bond motifs is 1. The molecule has 0 spiro atoms. The lowest BCUT2D eigenvalue weighted by Gasteiger charge is -2.19. The summed E-state index contributed by atoms with van der Waals surface area (Å²) in [7, 11) is 0. The van der Waals surface area contributed by atoms with Crippen molar-refractivity contribution in [1.82, 2.24) is 4.90 Å². The van der Waals surface area contributed by atoms with Crippen molar-refractivity contribution in [2.45, 2.75) is 25.8 Å². The molecule has 0 aromatic heterocycles. The molecule has 1 aliphatic heterocycles. The molecule has 1 aromatic carbocycles. The van der Waals surface area contributed by atoms with Crippen LogP contribution in [-0.4, -0.2) is 35.0 Å². The topological polar surface area (TPSA) is 66.6 Å². The maximum atomic E-state index is 12.5. The van der Waals surface area contributed by atoms with E-state index in [0.717, 1.165) is 31.5 Å². The minimum absolute atomic E-state index is 0.0669. The smallest absolute Gasteiger partial charge is 0.257 e. The Morgan fingerprint density at radius 1 is 1.37 bits per heavy atom. The highest BCUT2D eigenvalue weighted by Crippen LogP contribution is 2.38. The van der Waals surface area contributed by atoms with Gasteiger partial charge in [0.2, 0.25) is 0 Å². The van der Waals surface area contributed by atoms with Crippen molar-refractivity contribution in [2.75, 3.05) is 13.1 Å². The SMILES string of the molecule is Cc1cccc(C(=O)N2CC3CCC(N)C3C2)c1O. The molecule has 2 aliphatic rings. The van der Waals surface area contributed by atoms with Crippen molar-refractivity contribution in [2.24, 2.45) is 17.6 Å². The van der Waals surface area contributed by atoms with Crippen molar-refractivity contribution < 1.29 is 9.90 Å². The number of carbonyl (C=O) groups is 1. The number of hydrogen-bond donors (Lipinski definition) is 2. The minimum atomic E-state index is -0.0669. The maximum Gasteiger partial charge on any atom is 0.257 e. The predicted octanol–water partition coefficient (Wildman–Crippen LogP) is 1.51. The van der Waals surface area contributed by atoms with Crippen molar-refractivity contribution >= 4 is 5.91 Å². The number of nitrogens with two attached hydrogens (primary N) is 1. The van der Waals surface area contributed by atoms with Crippen LogP contribution in [0.3, 0.4) is 0 Å². The lowest BCUT2D eigenvalue weighted by Crippen LogP contribution is -2.33. The monoisotopic (exact) mass is 260 g/mol. The number of aryl methyl sites for hydroxylation is 1. The Bertz CT molecular complexity index is 515. The van der Waals surface area contributed by atoms with E-state index in [0.29, 0.717) is 17.4 Å². The number of amides is 1. The number of para-hydroxylation sites is 1. The number of aromatic hydroxyl groups is 1. The van der Waals surface area contributed by atoms with Gasteiger partial charge in [0.05, 0.1) is 5.56 Å². The van der Waals surface area contributed by atoms with Crippen molar-refractivity contribution in [1.29, 1.82) is 0 Å². The molecule has 1 aliphatic carbocycles. The quantitative estimate of drug-likeness (QED) is 0.804. The molecule has 1 aromatic rings. The summed E-state index contributed by atoms with van der Waals surface area (Å²) < 4.78 is 0. The van der Waals surface area contributed by atoms with Gasteiger partial charge in [-0.25, -0.2) is 0 Å². The van der Waals surface area contributed by atoms with Gasteiger partial charge in [-0.05, 0) is 43.2 Å². The molecule has 3 N–H and O–H groups in total. The first-order chi connectivity index (χ1) is 9.08. The summed E-state index contributed by atoms with van der Waals surface area (Å²) in [4.78, 5) is 14.3. The van der Waals surface area contributed by atoms with Gasteiger partial charge >= 0.3 is 0 Å². The molecule has 0 radical (unpaired) electrons. The molecule has 4 heteroatoms. The zero-order chi connectivity index (χ0) is 13.6. The van der Waals surface area contributed by atoms with Crippen LogP contribution in [0.25, 0.3) is 0 Å². The first-order valence-electron chi connectivity index (χ1n) is 6.91. The molecule has 1 amide bonds. The fourth-order valence-corrected chi connectivity index (χ4v) is 3.48. The van der Waals surface area contributed by atoms with Gasteiger partial charge in [0.25, 0.3) is 5.91 Å². The van der Waals surface area contributed by atoms with Crippen LogP contribution in [0.5, 0.6) is 5.75 Å². The van der Waals surface area contributed by atoms with Gasteiger partial charge in [-0.3, -0.25) is 4.79 Å². The number of benzene rings is 1. The van der Waals surface area contributed by atoms with Gasteiger partial charge < -0.3 is 15.7 Å². The zero-order valence-electron chi connectivity index (χ0n) is 11.2. The summed E-state index contributed by atoms with van der Waals surface area (Å²) in [6, 6.07) is 5.54. The first-order valence-corrected chi connectivity index (χ1v) is 6.91. The van der Waals surface area contributed by atoms with Gasteiger partial charge in [0.15, 0.2) is 0 Å². The summed E-state index contributed by atoms with van der Waals surface area (Å²) in [5.74, 6) is 1.03. The Balaban J connectivity index is 1.81. The van der Waals surface area contributed by atoms with Crippen LogP contribution >= 0.6 is 0 Å². The fourth-order valence-electron chi connectivity index (χ4n) is 3.48. The Labute approximate surface area is 113 Å². The van der Waals surface area contributed by atoms with Crippen LogP contribution in [0, 0.1) is 18.8 Å². The maximum absolute atomic E-state index is 12.5. The minimum Gasteiger partial charge on any atom is -0.507 e. The van der Waals surface area contributed by atoms with Gasteiger partial charge in [0.1, 0.15) is 5.75 Å². The highest BCUT2D eigenvalue weighted by atomic mass is 16.3. The molecule has 0 bridgehead atoms. The second kappa shape index (κ2) is 4.53. The lowest BCUT2D eigenvalue weighted by molar-refractivity contribution is 0.0776. The normalized spacial score (nSPS) is 29.6. The van der Waals surface area contributed by atoms with E-state index in [9.17, 15) is 9.90 Å². The molecule has 1 heterocycles. The van der Waals surface area contributed by atoms with Crippen molar-refractivity contribution in [3.8, 4) is 5.75 Å². The van der Waals surface area contributed by atoms with Crippen molar-refractivity contribution in [3.63, 3.8) is 0 Å². The molecule has 3 unspecified atom stereocenters. The van der Waals surface area contributed by atoms with Gasteiger partial charge in [-0.15, -0.1) is 0 Å². The number of hydrogen-bond acceptors (Lipinski definition) is 3. The van der Waals surface area contributed by atoms with Crippen LogP contribution in [0.15, 0.2) is 18.2 Å². The molecular weight excluding hydrogens is 240 g/mol.